The van der Waals surface area contributed by atoms with Crippen LogP contribution in [-0.2, 0) is 10.8 Å². The molecular formula is C14H14O3S2. The number of rotatable bonds is 2. The molecule has 2 aromatic rings. The molecule has 0 radical (unpaired) electrons. The van der Waals surface area contributed by atoms with Gasteiger partial charge in [-0.05, 0) is 23.8 Å². The third kappa shape index (κ3) is 2.23. The smallest absolute Gasteiger partial charge is 0.0839 e. The molecule has 100 valence electrons. The molecule has 2 N–H and O–H groups in total. The van der Waals surface area contributed by atoms with E-state index in [1.54, 1.807) is 12.1 Å². The molecule has 0 saturated heterocycles. The Balaban J connectivity index is 2.03. The molecule has 3 rings (SSSR count). The van der Waals surface area contributed by atoms with Gasteiger partial charge in [-0.15, -0.1) is 0 Å². The van der Waals surface area contributed by atoms with Crippen molar-refractivity contribution in [2.45, 2.75) is 15.0 Å². The first-order valence-electron chi connectivity index (χ1n) is 5.90. The molecule has 2 atom stereocenters. The molecule has 2 aromatic carbocycles. The van der Waals surface area contributed by atoms with Gasteiger partial charge < -0.3 is 0 Å². The SMILES string of the molecule is O=S(c1ccccc1)C1CS(O)(O)c2ccccc21. The molecule has 0 fully saturated rings. The van der Waals surface area contributed by atoms with Gasteiger partial charge in [0.15, 0.2) is 0 Å². The van der Waals surface area contributed by atoms with Gasteiger partial charge in [-0.3, -0.25) is 13.3 Å². The second kappa shape index (κ2) is 4.76. The lowest BCUT2D eigenvalue weighted by molar-refractivity contribution is 0.491. The molecule has 3 nitrogen and oxygen atoms in total. The third-order valence-electron chi connectivity index (χ3n) is 3.24. The first-order valence-corrected chi connectivity index (χ1v) is 8.83. The second-order valence-corrected chi connectivity index (χ2v) is 8.21. The average Bonchev–Trinajstić information content (AvgIpc) is 2.72. The Morgan fingerprint density at radius 3 is 2.37 bits per heavy atom. The summed E-state index contributed by atoms with van der Waals surface area (Å²) in [5.74, 6) is 0.147. The van der Waals surface area contributed by atoms with E-state index in [4.69, 9.17) is 0 Å². The molecule has 19 heavy (non-hydrogen) atoms. The third-order valence-corrected chi connectivity index (χ3v) is 7.00. The summed E-state index contributed by atoms with van der Waals surface area (Å²) in [6.07, 6.45) is 0. The van der Waals surface area contributed by atoms with Gasteiger partial charge >= 0.3 is 0 Å². The summed E-state index contributed by atoms with van der Waals surface area (Å²) in [6, 6.07) is 16.3. The average molecular weight is 294 g/mol. The van der Waals surface area contributed by atoms with Crippen molar-refractivity contribution in [3.05, 3.63) is 60.2 Å². The van der Waals surface area contributed by atoms with Gasteiger partial charge in [0.05, 0.1) is 26.7 Å². The van der Waals surface area contributed by atoms with Crippen molar-refractivity contribution >= 4 is 21.4 Å². The minimum absolute atomic E-state index is 0.147. The molecule has 1 heterocycles. The van der Waals surface area contributed by atoms with E-state index in [9.17, 15) is 13.3 Å². The van der Waals surface area contributed by atoms with E-state index >= 15 is 0 Å². The fourth-order valence-electron chi connectivity index (χ4n) is 2.33. The van der Waals surface area contributed by atoms with E-state index in [0.29, 0.717) is 4.90 Å². The predicted octanol–water partition coefficient (Wildman–Crippen LogP) is 3.66. The molecule has 0 bridgehead atoms. The number of fused-ring (bicyclic) bond motifs is 1. The molecule has 2 unspecified atom stereocenters. The van der Waals surface area contributed by atoms with Gasteiger partial charge in [0, 0.05) is 4.90 Å². The molecule has 0 amide bonds. The number of hydrogen-bond acceptors (Lipinski definition) is 3. The van der Waals surface area contributed by atoms with Crippen LogP contribution >= 0.6 is 10.6 Å². The maximum atomic E-state index is 12.6. The lowest BCUT2D eigenvalue weighted by atomic mass is 10.2. The van der Waals surface area contributed by atoms with Crippen LogP contribution in [0.2, 0.25) is 0 Å². The van der Waals surface area contributed by atoms with Crippen LogP contribution in [0, 0.1) is 0 Å². The molecule has 0 aliphatic carbocycles. The van der Waals surface area contributed by atoms with Crippen molar-refractivity contribution in [1.29, 1.82) is 0 Å². The van der Waals surface area contributed by atoms with E-state index in [2.05, 4.69) is 0 Å². The fraction of sp³-hybridized carbons (Fsp3) is 0.143. The summed E-state index contributed by atoms with van der Waals surface area (Å²) >= 11 is 0. The highest BCUT2D eigenvalue weighted by Crippen LogP contribution is 2.60. The van der Waals surface area contributed by atoms with Gasteiger partial charge in [0.2, 0.25) is 0 Å². The number of hydrogen-bond donors (Lipinski definition) is 2. The van der Waals surface area contributed by atoms with Crippen LogP contribution in [0.3, 0.4) is 0 Å². The van der Waals surface area contributed by atoms with Crippen molar-refractivity contribution in [1.82, 2.24) is 0 Å². The molecule has 5 heteroatoms. The molecule has 0 saturated carbocycles. The molecule has 0 spiro atoms. The van der Waals surface area contributed by atoms with E-state index in [0.717, 1.165) is 10.5 Å². The summed E-state index contributed by atoms with van der Waals surface area (Å²) < 4.78 is 32.8. The van der Waals surface area contributed by atoms with Crippen LogP contribution in [-0.4, -0.2) is 19.1 Å². The normalized spacial score (nSPS) is 23.6. The van der Waals surface area contributed by atoms with Crippen LogP contribution in [0.25, 0.3) is 0 Å². The Morgan fingerprint density at radius 1 is 1.00 bits per heavy atom. The summed E-state index contributed by atoms with van der Waals surface area (Å²) in [5.41, 5.74) is 0.796. The minimum atomic E-state index is -2.80. The van der Waals surface area contributed by atoms with E-state index in [1.807, 2.05) is 42.5 Å². The first-order chi connectivity index (χ1) is 9.09. The summed E-state index contributed by atoms with van der Waals surface area (Å²) in [4.78, 5) is 1.27. The Bertz CT molecular complexity index is 626. The molecular weight excluding hydrogens is 280 g/mol. The second-order valence-electron chi connectivity index (χ2n) is 4.47. The van der Waals surface area contributed by atoms with Gasteiger partial charge in [-0.2, -0.15) is 10.6 Å². The zero-order valence-corrected chi connectivity index (χ0v) is 11.7. The maximum Gasteiger partial charge on any atom is 0.0839 e. The van der Waals surface area contributed by atoms with Gasteiger partial charge in [-0.1, -0.05) is 36.4 Å². The van der Waals surface area contributed by atoms with Gasteiger partial charge in [0.1, 0.15) is 0 Å². The molecule has 1 aliphatic rings. The molecule has 0 aromatic heterocycles. The zero-order valence-electron chi connectivity index (χ0n) is 10.1. The highest BCUT2D eigenvalue weighted by atomic mass is 32.3. The highest BCUT2D eigenvalue weighted by Gasteiger charge is 2.38. The largest absolute Gasteiger partial charge is 0.295 e. The molecule has 1 aliphatic heterocycles. The van der Waals surface area contributed by atoms with Crippen LogP contribution < -0.4 is 0 Å². The first kappa shape index (κ1) is 12.9. The topological polar surface area (TPSA) is 57.5 Å². The Labute approximate surface area is 116 Å². The quantitative estimate of drug-likeness (QED) is 0.888. The Morgan fingerprint density at radius 2 is 1.63 bits per heavy atom. The van der Waals surface area contributed by atoms with Crippen molar-refractivity contribution in [3.63, 3.8) is 0 Å². The van der Waals surface area contributed by atoms with E-state index < -0.39 is 21.4 Å². The van der Waals surface area contributed by atoms with Gasteiger partial charge in [-0.25, -0.2) is 0 Å². The van der Waals surface area contributed by atoms with Crippen LogP contribution in [0.15, 0.2) is 64.4 Å². The monoisotopic (exact) mass is 294 g/mol. The number of benzene rings is 2. The van der Waals surface area contributed by atoms with Crippen LogP contribution in [0.1, 0.15) is 10.8 Å². The lowest BCUT2D eigenvalue weighted by Gasteiger charge is -2.27. The fourth-order valence-corrected chi connectivity index (χ4v) is 6.32. The van der Waals surface area contributed by atoms with Crippen molar-refractivity contribution in [2.75, 3.05) is 5.75 Å². The lowest BCUT2D eigenvalue weighted by Crippen LogP contribution is -2.08. The van der Waals surface area contributed by atoms with Crippen LogP contribution in [0.5, 0.6) is 0 Å². The highest BCUT2D eigenvalue weighted by molar-refractivity contribution is 8.25. The minimum Gasteiger partial charge on any atom is -0.295 e. The van der Waals surface area contributed by atoms with E-state index in [1.165, 1.54) is 0 Å². The zero-order chi connectivity index (χ0) is 13.5. The van der Waals surface area contributed by atoms with Crippen molar-refractivity contribution < 1.29 is 13.3 Å². The summed E-state index contributed by atoms with van der Waals surface area (Å²) in [6.45, 7) is 0. The standard InChI is InChI=1S/C14H14O3S2/c15-18(11-6-2-1-3-7-11)13-10-19(16,17)14-9-5-4-8-12(13)14/h1-9,13,16-17H,10H2. The summed E-state index contributed by atoms with van der Waals surface area (Å²) in [7, 11) is -4.07. The summed E-state index contributed by atoms with van der Waals surface area (Å²) in [5, 5.41) is -0.344. The van der Waals surface area contributed by atoms with Crippen molar-refractivity contribution in [3.8, 4) is 0 Å². The van der Waals surface area contributed by atoms with Gasteiger partial charge in [0.25, 0.3) is 0 Å². The van der Waals surface area contributed by atoms with Crippen LogP contribution in [0.4, 0.5) is 0 Å². The predicted molar refractivity (Wildman–Crippen MR) is 78.0 cm³/mol. The Kier molecular flexibility index (Phi) is 3.22. The Hall–Kier alpha value is -1.14. The van der Waals surface area contributed by atoms with Crippen molar-refractivity contribution in [2.24, 2.45) is 0 Å². The van der Waals surface area contributed by atoms with E-state index in [-0.39, 0.29) is 11.0 Å². The maximum absolute atomic E-state index is 12.6.